The smallest absolute Gasteiger partial charge is 0.339 e. The molecule has 0 spiro atoms. The van der Waals surface area contributed by atoms with Crippen molar-refractivity contribution in [2.75, 3.05) is 52.3 Å². The molecular formula is C23H29N3O5+2. The van der Waals surface area contributed by atoms with Crippen LogP contribution in [-0.2, 0) is 20.8 Å². The van der Waals surface area contributed by atoms with Crippen LogP contribution in [0.5, 0.6) is 0 Å². The van der Waals surface area contributed by atoms with Crippen LogP contribution in [0.3, 0.4) is 0 Å². The molecule has 1 aliphatic heterocycles. The molecule has 2 aromatic carbocycles. The number of anilines is 1. The topological polar surface area (TPSA) is 90.6 Å². The van der Waals surface area contributed by atoms with E-state index in [2.05, 4.69) is 29.6 Å². The van der Waals surface area contributed by atoms with Crippen molar-refractivity contribution in [2.24, 2.45) is 0 Å². The van der Waals surface area contributed by atoms with Crippen molar-refractivity contribution in [2.45, 2.75) is 6.54 Å². The predicted octanol–water partition coefficient (Wildman–Crippen LogP) is -0.818. The largest absolute Gasteiger partial charge is 0.465 e. The minimum Gasteiger partial charge on any atom is -0.465 e. The molecule has 8 nitrogen and oxygen atoms in total. The van der Waals surface area contributed by atoms with E-state index in [-0.39, 0.29) is 22.7 Å². The van der Waals surface area contributed by atoms with Crippen LogP contribution in [0.2, 0.25) is 0 Å². The second kappa shape index (κ2) is 10.7. The molecular weight excluding hydrogens is 398 g/mol. The highest BCUT2D eigenvalue weighted by Crippen LogP contribution is 2.19. The first-order chi connectivity index (χ1) is 15.0. The molecule has 1 amide bonds. The Labute approximate surface area is 181 Å². The second-order valence-electron chi connectivity index (χ2n) is 7.63. The molecule has 1 aliphatic rings. The van der Waals surface area contributed by atoms with Crippen molar-refractivity contribution in [3.63, 3.8) is 0 Å². The maximum absolute atomic E-state index is 12.7. The van der Waals surface area contributed by atoms with E-state index in [0.29, 0.717) is 6.54 Å². The summed E-state index contributed by atoms with van der Waals surface area (Å²) in [6, 6.07) is 14.8. The Hall–Kier alpha value is -3.23. The number of esters is 2. The van der Waals surface area contributed by atoms with Gasteiger partial charge in [-0.15, -0.1) is 0 Å². The third-order valence-corrected chi connectivity index (χ3v) is 5.49. The first-order valence-corrected chi connectivity index (χ1v) is 10.3. The monoisotopic (exact) mass is 427 g/mol. The summed E-state index contributed by atoms with van der Waals surface area (Å²) in [6.07, 6.45) is 0. The number of carbonyl (C=O) groups is 3. The Kier molecular flexibility index (Phi) is 7.75. The van der Waals surface area contributed by atoms with Gasteiger partial charge in [0.2, 0.25) is 0 Å². The molecule has 0 unspecified atom stereocenters. The Morgan fingerprint density at radius 2 is 1.52 bits per heavy atom. The zero-order valence-electron chi connectivity index (χ0n) is 17.9. The number of amides is 1. The Morgan fingerprint density at radius 1 is 0.871 bits per heavy atom. The van der Waals surface area contributed by atoms with Crippen LogP contribution in [0, 0.1) is 0 Å². The zero-order valence-corrected chi connectivity index (χ0v) is 17.9. The molecule has 2 aromatic rings. The van der Waals surface area contributed by atoms with Crippen molar-refractivity contribution in [3.8, 4) is 0 Å². The highest BCUT2D eigenvalue weighted by atomic mass is 16.5. The van der Waals surface area contributed by atoms with E-state index in [1.165, 1.54) is 47.8 Å². The molecule has 1 fully saturated rings. The van der Waals surface area contributed by atoms with Crippen LogP contribution in [0.25, 0.3) is 0 Å². The number of carbonyl (C=O) groups excluding carboxylic acids is 3. The summed E-state index contributed by atoms with van der Waals surface area (Å²) in [5.74, 6) is -1.35. The molecule has 3 rings (SSSR count). The lowest BCUT2D eigenvalue weighted by atomic mass is 10.1. The van der Waals surface area contributed by atoms with E-state index in [4.69, 9.17) is 9.47 Å². The van der Waals surface area contributed by atoms with Crippen LogP contribution in [-0.4, -0.2) is 64.8 Å². The lowest BCUT2D eigenvalue weighted by Crippen LogP contribution is -3.28. The lowest BCUT2D eigenvalue weighted by molar-refractivity contribution is -1.02. The number of nitrogens with one attached hydrogen (secondary N) is 3. The van der Waals surface area contributed by atoms with Gasteiger partial charge in [0.1, 0.15) is 32.7 Å². The number of benzene rings is 2. The molecule has 3 N–H and O–H groups in total. The quantitative estimate of drug-likeness (QED) is 0.503. The van der Waals surface area contributed by atoms with E-state index >= 15 is 0 Å². The third kappa shape index (κ3) is 6.13. The summed E-state index contributed by atoms with van der Waals surface area (Å²) in [6.45, 7) is 5.04. The number of piperazine rings is 1. The maximum Gasteiger partial charge on any atom is 0.339 e. The average molecular weight is 428 g/mol. The van der Waals surface area contributed by atoms with E-state index in [9.17, 15) is 14.4 Å². The van der Waals surface area contributed by atoms with Gasteiger partial charge in [-0.05, 0) is 18.2 Å². The van der Waals surface area contributed by atoms with E-state index in [0.717, 1.165) is 32.7 Å². The summed E-state index contributed by atoms with van der Waals surface area (Å²) in [5, 5.41) is 2.77. The molecule has 31 heavy (non-hydrogen) atoms. The van der Waals surface area contributed by atoms with Crippen LogP contribution >= 0.6 is 0 Å². The summed E-state index contributed by atoms with van der Waals surface area (Å²) in [5.41, 5.74) is 2.00. The van der Waals surface area contributed by atoms with Crippen molar-refractivity contribution < 1.29 is 33.7 Å². The normalized spacial score (nSPS) is 18.1. The maximum atomic E-state index is 12.7. The molecule has 0 radical (unpaired) electrons. The van der Waals surface area contributed by atoms with Gasteiger partial charge in [-0.25, -0.2) is 9.59 Å². The average Bonchev–Trinajstić information content (AvgIpc) is 2.80. The number of quaternary nitrogens is 2. The van der Waals surface area contributed by atoms with Gasteiger partial charge in [-0.2, -0.15) is 0 Å². The summed E-state index contributed by atoms with van der Waals surface area (Å²) in [7, 11) is 2.54. The van der Waals surface area contributed by atoms with Gasteiger partial charge in [0.05, 0.1) is 31.0 Å². The number of methoxy groups -OCH3 is 2. The third-order valence-electron chi connectivity index (χ3n) is 5.49. The van der Waals surface area contributed by atoms with Gasteiger partial charge in [0.15, 0.2) is 6.54 Å². The Morgan fingerprint density at radius 3 is 2.16 bits per heavy atom. The molecule has 0 aromatic heterocycles. The number of rotatable bonds is 7. The van der Waals surface area contributed by atoms with E-state index in [1.54, 1.807) is 0 Å². The first-order valence-electron chi connectivity index (χ1n) is 10.3. The van der Waals surface area contributed by atoms with Gasteiger partial charge in [0, 0.05) is 5.56 Å². The highest BCUT2D eigenvalue weighted by Gasteiger charge is 2.26. The standard InChI is InChI=1S/C23H27N3O5/c1-30-22(28)18-8-9-19(23(29)31-2)20(14-18)24-21(27)16-26-12-10-25(11-13-26)15-17-6-4-3-5-7-17/h3-9,14H,10-13,15-16H2,1-2H3,(H,24,27)/p+2. The minimum atomic E-state index is -0.586. The highest BCUT2D eigenvalue weighted by molar-refractivity contribution is 6.03. The Bertz CT molecular complexity index is 924. The molecule has 1 saturated heterocycles. The molecule has 0 saturated carbocycles. The zero-order chi connectivity index (χ0) is 22.2. The van der Waals surface area contributed by atoms with Gasteiger partial charge in [-0.1, -0.05) is 30.3 Å². The SMILES string of the molecule is COC(=O)c1ccc(C(=O)OC)c(NC(=O)C[NH+]2CC[NH+](Cc3ccccc3)CC2)c1. The minimum absolute atomic E-state index is 0.190. The summed E-state index contributed by atoms with van der Waals surface area (Å²) >= 11 is 0. The van der Waals surface area contributed by atoms with Crippen molar-refractivity contribution in [1.29, 1.82) is 0 Å². The second-order valence-corrected chi connectivity index (χ2v) is 7.63. The molecule has 0 atom stereocenters. The first kappa shape index (κ1) is 22.5. The fraction of sp³-hybridized carbons (Fsp3) is 0.348. The summed E-state index contributed by atoms with van der Waals surface area (Å²) < 4.78 is 9.50. The van der Waals surface area contributed by atoms with Crippen LogP contribution in [0.4, 0.5) is 5.69 Å². The molecule has 1 heterocycles. The van der Waals surface area contributed by atoms with Gasteiger partial charge in [-0.3, -0.25) is 4.79 Å². The summed E-state index contributed by atoms with van der Waals surface area (Å²) in [4.78, 5) is 39.2. The molecule has 0 aliphatic carbocycles. The van der Waals surface area contributed by atoms with Crippen molar-refractivity contribution in [1.82, 2.24) is 0 Å². The number of hydrogen-bond acceptors (Lipinski definition) is 5. The number of ether oxygens (including phenoxy) is 2. The van der Waals surface area contributed by atoms with Crippen LogP contribution < -0.4 is 15.1 Å². The number of hydrogen-bond donors (Lipinski definition) is 3. The lowest BCUT2D eigenvalue weighted by Gasteiger charge is -2.29. The van der Waals surface area contributed by atoms with Gasteiger partial charge >= 0.3 is 11.9 Å². The predicted molar refractivity (Wildman–Crippen MR) is 114 cm³/mol. The van der Waals surface area contributed by atoms with E-state index in [1.807, 2.05) is 6.07 Å². The fourth-order valence-corrected chi connectivity index (χ4v) is 3.80. The van der Waals surface area contributed by atoms with Gasteiger partial charge in [0.25, 0.3) is 5.91 Å². The van der Waals surface area contributed by atoms with E-state index < -0.39 is 11.9 Å². The van der Waals surface area contributed by atoms with Crippen molar-refractivity contribution in [3.05, 3.63) is 65.2 Å². The fourth-order valence-electron chi connectivity index (χ4n) is 3.80. The molecule has 8 heteroatoms. The van der Waals surface area contributed by atoms with Gasteiger partial charge < -0.3 is 24.6 Å². The molecule has 164 valence electrons. The Balaban J connectivity index is 1.58. The van der Waals surface area contributed by atoms with Crippen molar-refractivity contribution >= 4 is 23.5 Å². The van der Waals surface area contributed by atoms with Crippen LogP contribution in [0.15, 0.2) is 48.5 Å². The van der Waals surface area contributed by atoms with Crippen LogP contribution in [0.1, 0.15) is 26.3 Å². The molecule has 0 bridgehead atoms.